The molecule has 0 saturated carbocycles. The number of hydrogen-bond donors (Lipinski definition) is 1. The number of amides is 1. The van der Waals surface area contributed by atoms with Crippen LogP contribution in [0.25, 0.3) is 0 Å². The number of aliphatic imine (C=N–C) groups is 1. The first-order valence-corrected chi connectivity index (χ1v) is 11.3. The Morgan fingerprint density at radius 1 is 1.12 bits per heavy atom. The highest BCUT2D eigenvalue weighted by Gasteiger charge is 2.61. The molecule has 0 spiro atoms. The number of nitrogens with one attached hydrogen (secondary N) is 1. The van der Waals surface area contributed by atoms with Crippen LogP contribution >= 0.6 is 35.0 Å². The van der Waals surface area contributed by atoms with Crippen molar-refractivity contribution >= 4 is 46.8 Å². The zero-order valence-electron chi connectivity index (χ0n) is 17.3. The average molecular weight is 545 g/mol. The smallest absolute Gasteiger partial charge is 0.434 e. The van der Waals surface area contributed by atoms with Gasteiger partial charge in [0.05, 0.1) is 12.3 Å². The van der Waals surface area contributed by atoms with Crippen LogP contribution in [-0.2, 0) is 15.1 Å². The molecule has 3 rings (SSSR count). The second-order valence-electron chi connectivity index (χ2n) is 7.37. The van der Waals surface area contributed by atoms with Gasteiger partial charge in [0.1, 0.15) is 6.54 Å². The Bertz CT molecular complexity index is 1100. The van der Waals surface area contributed by atoms with E-state index in [0.717, 1.165) is 23.9 Å². The maximum Gasteiger partial charge on any atom is 0.434 e. The lowest BCUT2D eigenvalue weighted by molar-refractivity contribution is -0.249. The van der Waals surface area contributed by atoms with E-state index in [9.17, 15) is 31.1 Å². The van der Waals surface area contributed by atoms with E-state index < -0.39 is 37.0 Å². The predicted octanol–water partition coefficient (Wildman–Crippen LogP) is 6.31. The number of aryl methyl sites for hydroxylation is 1. The zero-order chi connectivity index (χ0) is 25.3. The van der Waals surface area contributed by atoms with Crippen LogP contribution in [0.1, 0.15) is 16.7 Å². The zero-order valence-corrected chi connectivity index (χ0v) is 19.6. The summed E-state index contributed by atoms with van der Waals surface area (Å²) in [5, 5.41) is 1.79. The molecule has 0 bridgehead atoms. The minimum Gasteiger partial charge on any atom is -0.454 e. The average Bonchev–Trinajstić information content (AvgIpc) is 3.17. The van der Waals surface area contributed by atoms with E-state index in [1.807, 2.05) is 0 Å². The topological polar surface area (TPSA) is 50.7 Å². The van der Waals surface area contributed by atoms with Crippen molar-refractivity contribution in [1.29, 1.82) is 0 Å². The third-order valence-corrected chi connectivity index (χ3v) is 6.38. The highest BCUT2D eigenvalue weighted by atomic mass is 35.5. The van der Waals surface area contributed by atoms with E-state index in [2.05, 4.69) is 4.99 Å². The van der Waals surface area contributed by atoms with Gasteiger partial charge in [-0.3, -0.25) is 4.79 Å². The number of alkyl halides is 6. The molecule has 1 aliphatic heterocycles. The molecular formula is C21H16Cl2F6N2O2S. The van der Waals surface area contributed by atoms with Gasteiger partial charge in [-0.2, -0.15) is 26.3 Å². The Morgan fingerprint density at radius 3 is 2.32 bits per heavy atom. The van der Waals surface area contributed by atoms with E-state index in [0.29, 0.717) is 10.5 Å². The molecule has 0 aliphatic carbocycles. The number of halogens is 8. The molecule has 13 heteroatoms. The second-order valence-corrected chi connectivity index (χ2v) is 9.26. The lowest BCUT2D eigenvalue weighted by Crippen LogP contribution is -2.45. The number of nitrogens with zero attached hydrogens (tertiary/aromatic N) is 1. The molecule has 184 valence electrons. The van der Waals surface area contributed by atoms with Crippen molar-refractivity contribution in [2.45, 2.75) is 29.8 Å². The van der Waals surface area contributed by atoms with Crippen molar-refractivity contribution in [1.82, 2.24) is 5.32 Å². The maximum absolute atomic E-state index is 14.1. The Labute approximate surface area is 204 Å². The minimum absolute atomic E-state index is 0.0136. The molecule has 2 aromatic carbocycles. The number of carbonyl (C=O) groups excluding carboxylic acids is 1. The number of thioether (sulfide) groups is 1. The number of hydrogen-bond acceptors (Lipinski definition) is 4. The van der Waals surface area contributed by atoms with Crippen molar-refractivity contribution in [3.63, 3.8) is 0 Å². The summed E-state index contributed by atoms with van der Waals surface area (Å²) >= 11 is 12.8. The van der Waals surface area contributed by atoms with E-state index >= 15 is 0 Å². The fourth-order valence-electron chi connectivity index (χ4n) is 3.15. The van der Waals surface area contributed by atoms with E-state index in [4.69, 9.17) is 27.9 Å². The quantitative estimate of drug-likeness (QED) is 0.342. The molecule has 1 amide bonds. The molecule has 34 heavy (non-hydrogen) atoms. The molecule has 1 aliphatic rings. The van der Waals surface area contributed by atoms with Gasteiger partial charge < -0.3 is 10.1 Å². The van der Waals surface area contributed by atoms with Crippen LogP contribution in [0.4, 0.5) is 26.3 Å². The number of benzene rings is 2. The molecule has 0 saturated heterocycles. The van der Waals surface area contributed by atoms with E-state index in [-0.39, 0.29) is 32.8 Å². The van der Waals surface area contributed by atoms with Crippen molar-refractivity contribution in [3.05, 3.63) is 63.1 Å². The van der Waals surface area contributed by atoms with Gasteiger partial charge in [0, 0.05) is 26.1 Å². The predicted molar refractivity (Wildman–Crippen MR) is 118 cm³/mol. The molecule has 1 N–H and O–H groups in total. The Morgan fingerprint density at radius 2 is 1.76 bits per heavy atom. The standard InChI is InChI=1S/C21H16Cl2F6N2O2S/c1-11-4-12(2-3-16(11)34-8-17(32)30-10-20(24,25)26)18-31-9-19(33-18,21(27,28)29)13-5-14(22)7-15(23)6-13/h2-7H,8-10H2,1H3,(H,30,32). The van der Waals surface area contributed by atoms with Crippen molar-refractivity contribution in [3.8, 4) is 0 Å². The third-order valence-electron chi connectivity index (χ3n) is 4.77. The van der Waals surface area contributed by atoms with Crippen LogP contribution in [0.15, 0.2) is 46.3 Å². The van der Waals surface area contributed by atoms with Crippen LogP contribution in [0.5, 0.6) is 0 Å². The van der Waals surface area contributed by atoms with E-state index in [1.54, 1.807) is 12.2 Å². The molecule has 2 aromatic rings. The van der Waals surface area contributed by atoms with Gasteiger partial charge >= 0.3 is 12.4 Å². The van der Waals surface area contributed by atoms with Crippen LogP contribution in [-0.4, -0.2) is 43.0 Å². The van der Waals surface area contributed by atoms with E-state index in [1.165, 1.54) is 24.3 Å². The highest BCUT2D eigenvalue weighted by Crippen LogP contribution is 2.47. The van der Waals surface area contributed by atoms with Crippen molar-refractivity contribution in [2.24, 2.45) is 4.99 Å². The Kier molecular flexibility index (Phi) is 7.69. The fourth-order valence-corrected chi connectivity index (χ4v) is 4.51. The second kappa shape index (κ2) is 9.87. The summed E-state index contributed by atoms with van der Waals surface area (Å²) in [5.41, 5.74) is -2.21. The summed E-state index contributed by atoms with van der Waals surface area (Å²) in [7, 11) is 0. The molecule has 0 aromatic heterocycles. The summed E-state index contributed by atoms with van der Waals surface area (Å²) in [6, 6.07) is 8.05. The van der Waals surface area contributed by atoms with Gasteiger partial charge in [0.25, 0.3) is 0 Å². The normalized spacial score (nSPS) is 18.4. The summed E-state index contributed by atoms with van der Waals surface area (Å²) in [5.74, 6) is -1.30. The lowest BCUT2D eigenvalue weighted by atomic mass is 9.93. The molecular weight excluding hydrogens is 529 g/mol. The first-order valence-electron chi connectivity index (χ1n) is 9.54. The lowest BCUT2D eigenvalue weighted by Gasteiger charge is -2.31. The van der Waals surface area contributed by atoms with Gasteiger partial charge in [-0.25, -0.2) is 4.99 Å². The number of rotatable bonds is 6. The first-order chi connectivity index (χ1) is 15.7. The van der Waals surface area contributed by atoms with Gasteiger partial charge in [-0.1, -0.05) is 23.2 Å². The minimum atomic E-state index is -4.83. The van der Waals surface area contributed by atoms with Gasteiger partial charge in [0.2, 0.25) is 17.4 Å². The highest BCUT2D eigenvalue weighted by molar-refractivity contribution is 8.00. The maximum atomic E-state index is 14.1. The SMILES string of the molecule is Cc1cc(C2=NCC(c3cc(Cl)cc(Cl)c3)(C(F)(F)F)O2)ccc1SCC(=O)NCC(F)(F)F. The largest absolute Gasteiger partial charge is 0.454 e. The molecule has 0 radical (unpaired) electrons. The Hall–Kier alpha value is -2.11. The summed E-state index contributed by atoms with van der Waals surface area (Å²) in [6.45, 7) is -0.527. The molecule has 1 atom stereocenters. The van der Waals surface area contributed by atoms with Gasteiger partial charge in [-0.05, 0) is 48.9 Å². The molecule has 0 fully saturated rings. The first kappa shape index (κ1) is 26.5. The van der Waals surface area contributed by atoms with Crippen LogP contribution in [0, 0.1) is 6.92 Å². The van der Waals surface area contributed by atoms with Crippen LogP contribution in [0.3, 0.4) is 0 Å². The molecule has 1 heterocycles. The summed E-state index contributed by atoms with van der Waals surface area (Å²) < 4.78 is 84.3. The summed E-state index contributed by atoms with van der Waals surface area (Å²) in [6.07, 6.45) is -9.34. The fraction of sp³-hybridized carbons (Fsp3) is 0.333. The summed E-state index contributed by atoms with van der Waals surface area (Å²) in [4.78, 5) is 16.1. The Balaban J connectivity index is 1.76. The van der Waals surface area contributed by atoms with Crippen LogP contribution < -0.4 is 5.32 Å². The van der Waals surface area contributed by atoms with Crippen molar-refractivity contribution in [2.75, 3.05) is 18.8 Å². The molecule has 4 nitrogen and oxygen atoms in total. The van der Waals surface area contributed by atoms with Crippen molar-refractivity contribution < 1.29 is 35.9 Å². The molecule has 1 unspecified atom stereocenters. The number of ether oxygens (including phenoxy) is 1. The third kappa shape index (κ3) is 6.11. The van der Waals surface area contributed by atoms with Gasteiger partial charge in [0.15, 0.2) is 0 Å². The number of carbonyl (C=O) groups is 1. The van der Waals surface area contributed by atoms with Crippen LogP contribution in [0.2, 0.25) is 10.0 Å². The monoisotopic (exact) mass is 544 g/mol. The van der Waals surface area contributed by atoms with Gasteiger partial charge in [-0.15, -0.1) is 11.8 Å².